The first-order valence-electron chi connectivity index (χ1n) is 6.39. The molecule has 0 spiro atoms. The molecule has 5 nitrogen and oxygen atoms in total. The summed E-state index contributed by atoms with van der Waals surface area (Å²) in [4.78, 5) is 26.2. The zero-order valence-electron chi connectivity index (χ0n) is 10.9. The van der Waals surface area contributed by atoms with E-state index < -0.39 is 5.97 Å². The van der Waals surface area contributed by atoms with Gasteiger partial charge in [0.1, 0.15) is 4.88 Å². The van der Waals surface area contributed by atoms with E-state index in [1.807, 2.05) is 6.07 Å². The van der Waals surface area contributed by atoms with Crippen LogP contribution in [-0.2, 0) is 11.3 Å². The average molecular weight is 282 g/mol. The third kappa shape index (κ3) is 3.33. The molecule has 1 unspecified atom stereocenters. The van der Waals surface area contributed by atoms with Gasteiger partial charge in [0.05, 0.1) is 6.04 Å². The van der Waals surface area contributed by atoms with Gasteiger partial charge in [-0.25, -0.2) is 4.79 Å². The number of likely N-dealkylation sites (tertiary alicyclic amines) is 1. The highest BCUT2D eigenvalue weighted by atomic mass is 32.1. The Hall–Kier alpha value is -1.40. The van der Waals surface area contributed by atoms with Crippen LogP contribution in [0.4, 0.5) is 0 Å². The molecule has 0 aliphatic carbocycles. The number of carboxylic acid groups (broad SMARTS) is 1. The van der Waals surface area contributed by atoms with Crippen molar-refractivity contribution in [3.8, 4) is 0 Å². The van der Waals surface area contributed by atoms with Gasteiger partial charge in [0.25, 0.3) is 0 Å². The molecule has 1 aromatic rings. The number of aromatic carboxylic acids is 1. The van der Waals surface area contributed by atoms with Crippen molar-refractivity contribution < 1.29 is 14.7 Å². The smallest absolute Gasteiger partial charge is 0.345 e. The first kappa shape index (κ1) is 14.0. The van der Waals surface area contributed by atoms with Crippen LogP contribution in [0.2, 0.25) is 0 Å². The van der Waals surface area contributed by atoms with Crippen LogP contribution < -0.4 is 5.32 Å². The molecule has 1 aliphatic heterocycles. The van der Waals surface area contributed by atoms with E-state index in [1.54, 1.807) is 13.1 Å². The van der Waals surface area contributed by atoms with Gasteiger partial charge in [0.15, 0.2) is 0 Å². The Kier molecular flexibility index (Phi) is 4.55. The van der Waals surface area contributed by atoms with Crippen LogP contribution in [0.1, 0.15) is 33.8 Å². The third-order valence-corrected chi connectivity index (χ3v) is 4.45. The van der Waals surface area contributed by atoms with Crippen LogP contribution in [0.15, 0.2) is 12.1 Å². The second-order valence-electron chi connectivity index (χ2n) is 4.67. The van der Waals surface area contributed by atoms with E-state index in [0.29, 0.717) is 11.4 Å². The molecule has 2 N–H and O–H groups in total. The molecule has 1 saturated heterocycles. The zero-order chi connectivity index (χ0) is 13.8. The van der Waals surface area contributed by atoms with Crippen molar-refractivity contribution >= 4 is 23.2 Å². The van der Waals surface area contributed by atoms with E-state index in [9.17, 15) is 9.59 Å². The number of rotatable bonds is 4. The largest absolute Gasteiger partial charge is 0.477 e. The molecule has 2 rings (SSSR count). The molecule has 0 radical (unpaired) electrons. The van der Waals surface area contributed by atoms with Gasteiger partial charge in [0.2, 0.25) is 5.91 Å². The highest BCUT2D eigenvalue weighted by Crippen LogP contribution is 2.23. The number of carbonyl (C=O) groups is 2. The SMILES string of the molecule is CNC(=O)C1CCCCN1Cc1ccc(C(=O)O)s1. The van der Waals surface area contributed by atoms with Crippen molar-refractivity contribution in [1.82, 2.24) is 10.2 Å². The third-order valence-electron chi connectivity index (χ3n) is 3.39. The number of nitrogens with zero attached hydrogens (tertiary/aromatic N) is 1. The van der Waals surface area contributed by atoms with E-state index in [2.05, 4.69) is 10.2 Å². The van der Waals surface area contributed by atoms with E-state index in [0.717, 1.165) is 30.7 Å². The van der Waals surface area contributed by atoms with Crippen LogP contribution >= 0.6 is 11.3 Å². The van der Waals surface area contributed by atoms with Crippen LogP contribution in [0.25, 0.3) is 0 Å². The maximum Gasteiger partial charge on any atom is 0.345 e. The van der Waals surface area contributed by atoms with Crippen molar-refractivity contribution in [2.45, 2.75) is 31.8 Å². The minimum atomic E-state index is -0.891. The first-order chi connectivity index (χ1) is 9.11. The minimum Gasteiger partial charge on any atom is -0.477 e. The molecular weight excluding hydrogens is 264 g/mol. The number of hydrogen-bond acceptors (Lipinski definition) is 4. The maximum atomic E-state index is 11.8. The van der Waals surface area contributed by atoms with Crippen LogP contribution in [0, 0.1) is 0 Å². The fraction of sp³-hybridized carbons (Fsp3) is 0.538. The fourth-order valence-electron chi connectivity index (χ4n) is 2.42. The quantitative estimate of drug-likeness (QED) is 0.879. The molecule has 0 bridgehead atoms. The summed E-state index contributed by atoms with van der Waals surface area (Å²) in [5, 5.41) is 11.6. The Morgan fingerprint density at radius 1 is 1.47 bits per heavy atom. The number of nitrogens with one attached hydrogen (secondary N) is 1. The Bertz CT molecular complexity index is 472. The Labute approximate surface area is 116 Å². The normalized spacial score (nSPS) is 20.2. The molecule has 0 aromatic carbocycles. The lowest BCUT2D eigenvalue weighted by molar-refractivity contribution is -0.127. The van der Waals surface area contributed by atoms with E-state index in [4.69, 9.17) is 5.11 Å². The predicted octanol–water partition coefficient (Wildman–Crippen LogP) is 1.55. The second kappa shape index (κ2) is 6.16. The Balaban J connectivity index is 2.06. The summed E-state index contributed by atoms with van der Waals surface area (Å²) in [6.45, 7) is 1.54. The fourth-order valence-corrected chi connectivity index (χ4v) is 3.29. The highest BCUT2D eigenvalue weighted by Gasteiger charge is 2.28. The van der Waals surface area contributed by atoms with Gasteiger partial charge in [-0.15, -0.1) is 11.3 Å². The summed E-state index contributed by atoms with van der Waals surface area (Å²) in [6, 6.07) is 3.37. The lowest BCUT2D eigenvalue weighted by Crippen LogP contribution is -2.48. The van der Waals surface area contributed by atoms with E-state index >= 15 is 0 Å². The average Bonchev–Trinajstić information content (AvgIpc) is 2.87. The first-order valence-corrected chi connectivity index (χ1v) is 7.21. The van der Waals surface area contributed by atoms with Gasteiger partial charge in [-0.1, -0.05) is 6.42 Å². The number of hydrogen-bond donors (Lipinski definition) is 2. The molecule has 1 fully saturated rings. The number of piperidine rings is 1. The Morgan fingerprint density at radius 3 is 2.89 bits per heavy atom. The predicted molar refractivity (Wildman–Crippen MR) is 73.4 cm³/mol. The molecular formula is C13H18N2O3S. The lowest BCUT2D eigenvalue weighted by Gasteiger charge is -2.33. The summed E-state index contributed by atoms with van der Waals surface area (Å²) in [6.07, 6.45) is 3.03. The van der Waals surface area contributed by atoms with Crippen molar-refractivity contribution in [2.24, 2.45) is 0 Å². The molecule has 104 valence electrons. The van der Waals surface area contributed by atoms with Crippen LogP contribution in [0.5, 0.6) is 0 Å². The zero-order valence-corrected chi connectivity index (χ0v) is 11.7. The van der Waals surface area contributed by atoms with Crippen LogP contribution in [-0.4, -0.2) is 41.5 Å². The topological polar surface area (TPSA) is 69.6 Å². The van der Waals surface area contributed by atoms with Crippen molar-refractivity contribution in [2.75, 3.05) is 13.6 Å². The van der Waals surface area contributed by atoms with Crippen LogP contribution in [0.3, 0.4) is 0 Å². The molecule has 1 amide bonds. The van der Waals surface area contributed by atoms with Gasteiger partial charge in [0, 0.05) is 18.5 Å². The van der Waals surface area contributed by atoms with Gasteiger partial charge in [-0.3, -0.25) is 9.69 Å². The molecule has 1 atom stereocenters. The summed E-state index contributed by atoms with van der Waals surface area (Å²) in [5.41, 5.74) is 0. The van der Waals surface area contributed by atoms with Gasteiger partial charge < -0.3 is 10.4 Å². The molecule has 6 heteroatoms. The minimum absolute atomic E-state index is 0.0507. The van der Waals surface area contributed by atoms with Gasteiger partial charge in [-0.05, 0) is 31.5 Å². The maximum absolute atomic E-state index is 11.8. The summed E-state index contributed by atoms with van der Waals surface area (Å²) >= 11 is 1.28. The summed E-state index contributed by atoms with van der Waals surface area (Å²) in [5.74, 6) is -0.840. The second-order valence-corrected chi connectivity index (χ2v) is 5.84. The summed E-state index contributed by atoms with van der Waals surface area (Å²) in [7, 11) is 1.66. The number of thiophene rings is 1. The van der Waals surface area contributed by atoms with Gasteiger partial charge in [-0.2, -0.15) is 0 Å². The number of carbonyl (C=O) groups excluding carboxylic acids is 1. The van der Waals surface area contributed by atoms with Gasteiger partial charge >= 0.3 is 5.97 Å². The monoisotopic (exact) mass is 282 g/mol. The molecule has 19 heavy (non-hydrogen) atoms. The number of likely N-dealkylation sites (N-methyl/N-ethyl adjacent to an activating group) is 1. The molecule has 2 heterocycles. The van der Waals surface area contributed by atoms with Crippen molar-refractivity contribution in [1.29, 1.82) is 0 Å². The number of carboxylic acids is 1. The highest BCUT2D eigenvalue weighted by molar-refractivity contribution is 7.13. The van der Waals surface area contributed by atoms with E-state index in [1.165, 1.54) is 11.3 Å². The molecule has 0 saturated carbocycles. The Morgan fingerprint density at radius 2 is 2.26 bits per heavy atom. The lowest BCUT2D eigenvalue weighted by atomic mass is 10.0. The van der Waals surface area contributed by atoms with Crippen molar-refractivity contribution in [3.63, 3.8) is 0 Å². The number of amides is 1. The van der Waals surface area contributed by atoms with Crippen molar-refractivity contribution in [3.05, 3.63) is 21.9 Å². The molecule has 1 aromatic heterocycles. The van der Waals surface area contributed by atoms with E-state index in [-0.39, 0.29) is 11.9 Å². The standard InChI is InChI=1S/C13H18N2O3S/c1-14-12(16)10-4-2-3-7-15(10)8-9-5-6-11(19-9)13(17)18/h5-6,10H,2-4,7-8H2,1H3,(H,14,16)(H,17,18). The summed E-state index contributed by atoms with van der Waals surface area (Å²) < 4.78 is 0. The molecule has 1 aliphatic rings.